The zero-order valence-corrected chi connectivity index (χ0v) is 8.31. The Morgan fingerprint density at radius 1 is 1.33 bits per heavy atom. The molecular weight excluding hydrogens is 186 g/mol. The van der Waals surface area contributed by atoms with Crippen molar-refractivity contribution in [3.63, 3.8) is 0 Å². The fourth-order valence-electron chi connectivity index (χ4n) is 2.86. The Kier molecular flexibility index (Phi) is 1.25. The molecule has 1 spiro atoms. The van der Waals surface area contributed by atoms with E-state index in [4.69, 9.17) is 4.74 Å². The van der Waals surface area contributed by atoms with Gasteiger partial charge >= 0.3 is 0 Å². The third-order valence-corrected chi connectivity index (χ3v) is 3.53. The minimum atomic E-state index is -0.292. The van der Waals surface area contributed by atoms with E-state index in [9.17, 15) is 0 Å². The van der Waals surface area contributed by atoms with E-state index >= 15 is 0 Å². The number of fused-ring (bicyclic) bond motifs is 3. The summed E-state index contributed by atoms with van der Waals surface area (Å²) in [5.41, 5.74) is 3.47. The van der Waals surface area contributed by atoms with Crippen LogP contribution in [-0.4, -0.2) is 5.71 Å². The molecule has 0 aromatic heterocycles. The van der Waals surface area contributed by atoms with Crippen molar-refractivity contribution >= 4 is 5.71 Å². The number of benzene rings is 1. The molecule has 0 N–H and O–H groups in total. The normalized spacial score (nSPS) is 34.9. The SMILES string of the molecule is C1=CC23OC(N=C2CC1)c1ccccc13. The number of rotatable bonds is 0. The molecule has 1 aliphatic carbocycles. The van der Waals surface area contributed by atoms with Gasteiger partial charge in [-0.15, -0.1) is 0 Å². The van der Waals surface area contributed by atoms with Gasteiger partial charge in [0.2, 0.25) is 0 Å². The lowest BCUT2D eigenvalue weighted by Gasteiger charge is -2.27. The third kappa shape index (κ3) is 0.778. The van der Waals surface area contributed by atoms with Crippen LogP contribution in [0.1, 0.15) is 30.2 Å². The minimum Gasteiger partial charge on any atom is -0.331 e. The summed E-state index contributed by atoms with van der Waals surface area (Å²) in [6.07, 6.45) is 6.49. The van der Waals surface area contributed by atoms with Crippen LogP contribution in [0, 0.1) is 0 Å². The van der Waals surface area contributed by atoms with Crippen molar-refractivity contribution < 1.29 is 4.74 Å². The molecule has 3 aliphatic rings. The molecule has 74 valence electrons. The van der Waals surface area contributed by atoms with Crippen molar-refractivity contribution in [2.75, 3.05) is 0 Å². The zero-order valence-electron chi connectivity index (χ0n) is 8.31. The van der Waals surface area contributed by atoms with E-state index in [1.165, 1.54) is 16.8 Å². The van der Waals surface area contributed by atoms with Crippen LogP contribution in [0.3, 0.4) is 0 Å². The summed E-state index contributed by atoms with van der Waals surface area (Å²) in [5.74, 6) is 0. The van der Waals surface area contributed by atoms with Crippen molar-refractivity contribution in [1.29, 1.82) is 0 Å². The Hall–Kier alpha value is -1.41. The minimum absolute atomic E-state index is 0.0426. The van der Waals surface area contributed by atoms with Crippen molar-refractivity contribution in [3.8, 4) is 0 Å². The molecule has 2 heterocycles. The molecule has 2 bridgehead atoms. The fraction of sp³-hybridized carbons (Fsp3) is 0.308. The molecular formula is C13H11NO. The van der Waals surface area contributed by atoms with E-state index < -0.39 is 0 Å². The highest BCUT2D eigenvalue weighted by Gasteiger charge is 2.52. The maximum atomic E-state index is 6.04. The molecule has 0 amide bonds. The van der Waals surface area contributed by atoms with Gasteiger partial charge in [-0.3, -0.25) is 4.99 Å². The first-order valence-electron chi connectivity index (χ1n) is 5.42. The average Bonchev–Trinajstić information content (AvgIpc) is 2.82. The highest BCUT2D eigenvalue weighted by molar-refractivity contribution is 5.99. The molecule has 4 rings (SSSR count). The van der Waals surface area contributed by atoms with E-state index in [0.29, 0.717) is 0 Å². The van der Waals surface area contributed by atoms with E-state index in [-0.39, 0.29) is 11.8 Å². The Bertz CT molecular complexity index is 503. The summed E-state index contributed by atoms with van der Waals surface area (Å²) < 4.78 is 6.04. The molecule has 0 saturated heterocycles. The lowest BCUT2D eigenvalue weighted by atomic mass is 9.81. The van der Waals surface area contributed by atoms with E-state index in [1.54, 1.807) is 0 Å². The van der Waals surface area contributed by atoms with Crippen LogP contribution in [0.5, 0.6) is 0 Å². The molecule has 0 fully saturated rings. The molecule has 2 nitrogen and oxygen atoms in total. The lowest BCUT2D eigenvalue weighted by Crippen LogP contribution is -2.32. The number of aliphatic imine (C=N–C) groups is 1. The molecule has 2 atom stereocenters. The van der Waals surface area contributed by atoms with E-state index in [1.807, 2.05) is 0 Å². The summed E-state index contributed by atoms with van der Waals surface area (Å²) in [5, 5.41) is 0. The van der Waals surface area contributed by atoms with E-state index in [2.05, 4.69) is 41.4 Å². The molecule has 1 aromatic carbocycles. The first-order chi connectivity index (χ1) is 7.40. The van der Waals surface area contributed by atoms with Crippen molar-refractivity contribution in [1.82, 2.24) is 0 Å². The van der Waals surface area contributed by atoms with Gasteiger partial charge in [0, 0.05) is 11.1 Å². The van der Waals surface area contributed by atoms with Gasteiger partial charge in [-0.1, -0.05) is 30.3 Å². The maximum absolute atomic E-state index is 6.04. The zero-order chi connectivity index (χ0) is 9.88. The number of ether oxygens (including phenoxy) is 1. The molecule has 2 heteroatoms. The predicted octanol–water partition coefficient (Wildman–Crippen LogP) is 2.72. The fourth-order valence-corrected chi connectivity index (χ4v) is 2.86. The monoisotopic (exact) mass is 197 g/mol. The smallest absolute Gasteiger partial charge is 0.176 e. The Balaban J connectivity index is 2.04. The number of nitrogens with zero attached hydrogens (tertiary/aromatic N) is 1. The second kappa shape index (κ2) is 2.39. The van der Waals surface area contributed by atoms with Crippen LogP contribution in [0.4, 0.5) is 0 Å². The summed E-state index contributed by atoms with van der Waals surface area (Å²) in [7, 11) is 0. The summed E-state index contributed by atoms with van der Waals surface area (Å²) >= 11 is 0. The first-order valence-corrected chi connectivity index (χ1v) is 5.42. The Labute approximate surface area is 88.3 Å². The topological polar surface area (TPSA) is 21.6 Å². The predicted molar refractivity (Wildman–Crippen MR) is 57.8 cm³/mol. The van der Waals surface area contributed by atoms with Gasteiger partial charge in [-0.05, 0) is 18.9 Å². The highest BCUT2D eigenvalue weighted by Crippen LogP contribution is 2.53. The number of allylic oxidation sites excluding steroid dienone is 1. The van der Waals surface area contributed by atoms with Gasteiger partial charge in [0.1, 0.15) is 0 Å². The van der Waals surface area contributed by atoms with Crippen LogP contribution < -0.4 is 0 Å². The second-order valence-electron chi connectivity index (χ2n) is 4.31. The largest absolute Gasteiger partial charge is 0.331 e. The maximum Gasteiger partial charge on any atom is 0.176 e. The molecule has 2 aliphatic heterocycles. The third-order valence-electron chi connectivity index (χ3n) is 3.53. The van der Waals surface area contributed by atoms with Crippen LogP contribution >= 0.6 is 0 Å². The van der Waals surface area contributed by atoms with Gasteiger partial charge in [0.15, 0.2) is 11.8 Å². The van der Waals surface area contributed by atoms with Gasteiger partial charge in [0.25, 0.3) is 0 Å². The van der Waals surface area contributed by atoms with Crippen LogP contribution in [0.2, 0.25) is 0 Å². The molecule has 1 aromatic rings. The van der Waals surface area contributed by atoms with Crippen molar-refractivity contribution in [3.05, 3.63) is 47.5 Å². The van der Waals surface area contributed by atoms with Gasteiger partial charge in [-0.2, -0.15) is 0 Å². The lowest BCUT2D eigenvalue weighted by molar-refractivity contribution is 0.0264. The number of hydrogen-bond acceptors (Lipinski definition) is 2. The van der Waals surface area contributed by atoms with Gasteiger partial charge in [-0.25, -0.2) is 0 Å². The van der Waals surface area contributed by atoms with E-state index in [0.717, 1.165) is 12.8 Å². The van der Waals surface area contributed by atoms with Crippen LogP contribution in [0.25, 0.3) is 0 Å². The van der Waals surface area contributed by atoms with Gasteiger partial charge in [0.05, 0.1) is 5.71 Å². The Morgan fingerprint density at radius 3 is 3.27 bits per heavy atom. The summed E-state index contributed by atoms with van der Waals surface area (Å²) in [6, 6.07) is 8.43. The van der Waals surface area contributed by atoms with Crippen LogP contribution in [-0.2, 0) is 10.3 Å². The second-order valence-corrected chi connectivity index (χ2v) is 4.31. The standard InChI is InChI=1S/C13H11NO/c1-2-6-10-9(5-1)12-14-11-7-3-4-8-13(10,11)15-12/h1-2,4-6,8,12H,3,7H2. The Morgan fingerprint density at radius 2 is 2.27 bits per heavy atom. The van der Waals surface area contributed by atoms with Crippen molar-refractivity contribution in [2.45, 2.75) is 24.7 Å². The van der Waals surface area contributed by atoms with Crippen LogP contribution in [0.15, 0.2) is 41.4 Å². The summed E-state index contributed by atoms with van der Waals surface area (Å²) in [4.78, 5) is 4.65. The molecule has 2 unspecified atom stereocenters. The molecule has 0 radical (unpaired) electrons. The molecule has 0 saturated carbocycles. The number of hydrogen-bond donors (Lipinski definition) is 0. The highest BCUT2D eigenvalue weighted by atomic mass is 16.5. The van der Waals surface area contributed by atoms with Crippen molar-refractivity contribution in [2.24, 2.45) is 4.99 Å². The average molecular weight is 197 g/mol. The quantitative estimate of drug-likeness (QED) is 0.586. The first kappa shape index (κ1) is 7.83. The molecule has 15 heavy (non-hydrogen) atoms. The summed E-state index contributed by atoms with van der Waals surface area (Å²) in [6.45, 7) is 0. The van der Waals surface area contributed by atoms with Gasteiger partial charge < -0.3 is 4.74 Å².